The van der Waals surface area contributed by atoms with Crippen molar-refractivity contribution in [3.8, 4) is 5.69 Å². The minimum absolute atomic E-state index is 0.447. The molecular formula is C11H12BrN3. The third-order valence-corrected chi connectivity index (χ3v) is 2.81. The second-order valence-corrected chi connectivity index (χ2v) is 4.26. The summed E-state index contributed by atoms with van der Waals surface area (Å²) in [6.07, 6.45) is 3.70. The zero-order valence-corrected chi connectivity index (χ0v) is 10.0. The molecule has 2 N–H and O–H groups in total. The molecule has 0 bridgehead atoms. The predicted molar refractivity (Wildman–Crippen MR) is 63.9 cm³/mol. The Kier molecular flexibility index (Phi) is 2.88. The molecule has 0 atom stereocenters. The van der Waals surface area contributed by atoms with Crippen molar-refractivity contribution >= 4 is 15.9 Å². The molecule has 15 heavy (non-hydrogen) atoms. The number of halogens is 1. The molecule has 0 spiro atoms. The maximum absolute atomic E-state index is 5.62. The highest BCUT2D eigenvalue weighted by atomic mass is 79.9. The standard InChI is InChI=1S/C11H12BrN3/c1-8-6-9(12)2-3-10(8)15-5-4-14-11(15)7-13/h2-6H,7,13H2,1H3. The summed E-state index contributed by atoms with van der Waals surface area (Å²) in [5, 5.41) is 0. The second kappa shape index (κ2) is 4.16. The summed E-state index contributed by atoms with van der Waals surface area (Å²) in [6.45, 7) is 2.52. The van der Waals surface area contributed by atoms with Crippen LogP contribution in [0.5, 0.6) is 0 Å². The van der Waals surface area contributed by atoms with Crippen LogP contribution in [0.3, 0.4) is 0 Å². The number of aromatic nitrogens is 2. The lowest BCUT2D eigenvalue weighted by molar-refractivity contribution is 0.863. The van der Waals surface area contributed by atoms with Crippen molar-refractivity contribution in [1.82, 2.24) is 9.55 Å². The lowest BCUT2D eigenvalue weighted by Crippen LogP contribution is -2.07. The van der Waals surface area contributed by atoms with Crippen LogP contribution in [-0.2, 0) is 6.54 Å². The molecule has 1 aromatic heterocycles. The largest absolute Gasteiger partial charge is 0.324 e. The molecule has 0 aliphatic carbocycles. The smallest absolute Gasteiger partial charge is 0.126 e. The fourth-order valence-corrected chi connectivity index (χ4v) is 2.07. The van der Waals surface area contributed by atoms with Gasteiger partial charge in [0.05, 0.1) is 6.54 Å². The molecule has 1 aromatic carbocycles. The van der Waals surface area contributed by atoms with Gasteiger partial charge in [0.25, 0.3) is 0 Å². The zero-order chi connectivity index (χ0) is 10.8. The van der Waals surface area contributed by atoms with Crippen molar-refractivity contribution in [2.45, 2.75) is 13.5 Å². The van der Waals surface area contributed by atoms with E-state index in [4.69, 9.17) is 5.73 Å². The lowest BCUT2D eigenvalue weighted by Gasteiger charge is -2.09. The summed E-state index contributed by atoms with van der Waals surface area (Å²) in [5.41, 5.74) is 7.93. The maximum atomic E-state index is 5.62. The molecule has 2 rings (SSSR count). The number of benzene rings is 1. The van der Waals surface area contributed by atoms with Crippen molar-refractivity contribution in [2.75, 3.05) is 0 Å². The Balaban J connectivity index is 2.54. The molecule has 4 heteroatoms. The van der Waals surface area contributed by atoms with Crippen molar-refractivity contribution < 1.29 is 0 Å². The molecule has 0 fully saturated rings. The molecule has 0 saturated carbocycles. The van der Waals surface area contributed by atoms with Gasteiger partial charge in [-0.1, -0.05) is 15.9 Å². The van der Waals surface area contributed by atoms with E-state index in [1.54, 1.807) is 6.20 Å². The van der Waals surface area contributed by atoms with Gasteiger partial charge in [-0.3, -0.25) is 0 Å². The van der Waals surface area contributed by atoms with Gasteiger partial charge in [-0.05, 0) is 30.7 Å². The van der Waals surface area contributed by atoms with Crippen LogP contribution in [0.4, 0.5) is 0 Å². The molecule has 78 valence electrons. The number of nitrogens with two attached hydrogens (primary N) is 1. The van der Waals surface area contributed by atoms with Gasteiger partial charge >= 0.3 is 0 Å². The van der Waals surface area contributed by atoms with Gasteiger partial charge in [0.2, 0.25) is 0 Å². The highest BCUT2D eigenvalue weighted by Gasteiger charge is 2.05. The average molecular weight is 266 g/mol. The van der Waals surface area contributed by atoms with E-state index in [0.29, 0.717) is 6.54 Å². The number of nitrogens with zero attached hydrogens (tertiary/aromatic N) is 2. The van der Waals surface area contributed by atoms with Gasteiger partial charge in [-0.25, -0.2) is 4.98 Å². The highest BCUT2D eigenvalue weighted by molar-refractivity contribution is 9.10. The topological polar surface area (TPSA) is 43.8 Å². The monoisotopic (exact) mass is 265 g/mol. The quantitative estimate of drug-likeness (QED) is 0.907. The van der Waals surface area contributed by atoms with Gasteiger partial charge in [-0.2, -0.15) is 0 Å². The molecule has 0 aliphatic heterocycles. The van der Waals surface area contributed by atoms with Crippen LogP contribution >= 0.6 is 15.9 Å². The van der Waals surface area contributed by atoms with E-state index < -0.39 is 0 Å². The van der Waals surface area contributed by atoms with Crippen molar-refractivity contribution in [1.29, 1.82) is 0 Å². The maximum Gasteiger partial charge on any atom is 0.126 e. The average Bonchev–Trinajstić information content (AvgIpc) is 2.65. The van der Waals surface area contributed by atoms with E-state index >= 15 is 0 Å². The van der Waals surface area contributed by atoms with Gasteiger partial charge < -0.3 is 10.3 Å². The summed E-state index contributed by atoms with van der Waals surface area (Å²) in [4.78, 5) is 4.20. The van der Waals surface area contributed by atoms with Gasteiger partial charge in [0.15, 0.2) is 0 Å². The summed E-state index contributed by atoms with van der Waals surface area (Å²) in [5.74, 6) is 0.875. The number of hydrogen-bond acceptors (Lipinski definition) is 2. The highest BCUT2D eigenvalue weighted by Crippen LogP contribution is 2.20. The molecule has 0 unspecified atom stereocenters. The minimum Gasteiger partial charge on any atom is -0.324 e. The Hall–Kier alpha value is -1.13. The molecule has 3 nitrogen and oxygen atoms in total. The molecule has 0 amide bonds. The number of rotatable bonds is 2. The van der Waals surface area contributed by atoms with Crippen LogP contribution in [0.25, 0.3) is 5.69 Å². The summed E-state index contributed by atoms with van der Waals surface area (Å²) in [7, 11) is 0. The first kappa shape index (κ1) is 10.4. The van der Waals surface area contributed by atoms with Crippen molar-refractivity contribution in [3.63, 3.8) is 0 Å². The molecule has 0 radical (unpaired) electrons. The van der Waals surface area contributed by atoms with Gasteiger partial charge in [-0.15, -0.1) is 0 Å². The molecule has 0 aliphatic rings. The van der Waals surface area contributed by atoms with Crippen LogP contribution in [0.2, 0.25) is 0 Å². The zero-order valence-electron chi connectivity index (χ0n) is 8.44. The van der Waals surface area contributed by atoms with Gasteiger partial charge in [0.1, 0.15) is 5.82 Å². The number of hydrogen-bond donors (Lipinski definition) is 1. The van der Waals surface area contributed by atoms with E-state index in [1.807, 2.05) is 16.8 Å². The van der Waals surface area contributed by atoms with Crippen LogP contribution in [-0.4, -0.2) is 9.55 Å². The normalized spacial score (nSPS) is 10.6. The fraction of sp³-hybridized carbons (Fsp3) is 0.182. The first-order chi connectivity index (χ1) is 7.22. The Morgan fingerprint density at radius 1 is 1.47 bits per heavy atom. The SMILES string of the molecule is Cc1cc(Br)ccc1-n1ccnc1CN. The van der Waals surface area contributed by atoms with E-state index in [-0.39, 0.29) is 0 Å². The molecule has 2 aromatic rings. The summed E-state index contributed by atoms with van der Waals surface area (Å²) in [6, 6.07) is 6.15. The van der Waals surface area contributed by atoms with Crippen LogP contribution < -0.4 is 5.73 Å². The lowest BCUT2D eigenvalue weighted by atomic mass is 10.2. The molecular weight excluding hydrogens is 254 g/mol. The first-order valence-electron chi connectivity index (χ1n) is 4.71. The third kappa shape index (κ3) is 1.96. The Bertz CT molecular complexity index is 476. The predicted octanol–water partition coefficient (Wildman–Crippen LogP) is 2.40. The van der Waals surface area contributed by atoms with E-state index in [9.17, 15) is 0 Å². The Labute approximate surface area is 97.1 Å². The molecule has 0 saturated heterocycles. The van der Waals surface area contributed by atoms with E-state index in [2.05, 4.69) is 40.0 Å². The van der Waals surface area contributed by atoms with Crippen molar-refractivity contribution in [3.05, 3.63) is 46.5 Å². The first-order valence-corrected chi connectivity index (χ1v) is 5.50. The third-order valence-electron chi connectivity index (χ3n) is 2.32. The number of aryl methyl sites for hydroxylation is 1. The molecule has 1 heterocycles. The minimum atomic E-state index is 0.447. The van der Waals surface area contributed by atoms with Crippen LogP contribution in [0.1, 0.15) is 11.4 Å². The fourth-order valence-electron chi connectivity index (χ4n) is 1.59. The van der Waals surface area contributed by atoms with Gasteiger partial charge in [0, 0.05) is 22.6 Å². The van der Waals surface area contributed by atoms with E-state index in [0.717, 1.165) is 16.0 Å². The Morgan fingerprint density at radius 3 is 2.93 bits per heavy atom. The van der Waals surface area contributed by atoms with Crippen LogP contribution in [0.15, 0.2) is 35.1 Å². The number of imidazole rings is 1. The van der Waals surface area contributed by atoms with Crippen molar-refractivity contribution in [2.24, 2.45) is 5.73 Å². The summed E-state index contributed by atoms with van der Waals surface area (Å²) >= 11 is 3.45. The van der Waals surface area contributed by atoms with E-state index in [1.165, 1.54) is 5.56 Å². The van der Waals surface area contributed by atoms with Crippen LogP contribution in [0, 0.1) is 6.92 Å². The Morgan fingerprint density at radius 2 is 2.27 bits per heavy atom. The summed E-state index contributed by atoms with van der Waals surface area (Å²) < 4.78 is 3.10. The second-order valence-electron chi connectivity index (χ2n) is 3.35.